The molecule has 7 nitrogen and oxygen atoms in total. The topological polar surface area (TPSA) is 95.2 Å². The minimum absolute atomic E-state index is 0.300. The fourth-order valence-corrected chi connectivity index (χ4v) is 3.26. The van der Waals surface area contributed by atoms with Gasteiger partial charge in [0.05, 0.1) is 40.1 Å². The molecule has 5 aromatic rings. The highest BCUT2D eigenvalue weighted by molar-refractivity contribution is 6.07. The van der Waals surface area contributed by atoms with Gasteiger partial charge in [0, 0.05) is 10.9 Å². The normalized spacial score (nSPS) is 11.9. The third-order valence-electron chi connectivity index (χ3n) is 4.35. The van der Waals surface area contributed by atoms with Gasteiger partial charge in [0.2, 0.25) is 0 Å². The maximum Gasteiger partial charge on any atom is 0.325 e. The van der Waals surface area contributed by atoms with Crippen molar-refractivity contribution in [1.82, 2.24) is 29.7 Å². The van der Waals surface area contributed by atoms with Gasteiger partial charge in [0.25, 0.3) is 0 Å². The molecule has 0 bridgehead atoms. The second-order valence-corrected chi connectivity index (χ2v) is 5.70. The molecule has 24 heavy (non-hydrogen) atoms. The van der Waals surface area contributed by atoms with E-state index < -0.39 is 0 Å². The number of nitrogens with one attached hydrogen (secondary N) is 3. The van der Waals surface area contributed by atoms with Crippen molar-refractivity contribution >= 4 is 33.1 Å². The number of hydrogen-bond acceptors (Lipinski definition) is 3. The van der Waals surface area contributed by atoms with E-state index in [1.54, 1.807) is 18.5 Å². The molecule has 8 heteroatoms. The summed E-state index contributed by atoms with van der Waals surface area (Å²) in [6, 6.07) is 4.62. The summed E-state index contributed by atoms with van der Waals surface area (Å²) in [5.41, 5.74) is 4.93. The van der Waals surface area contributed by atoms with E-state index in [1.165, 1.54) is 12.1 Å². The minimum Gasteiger partial charge on any atom is -0.304 e. The van der Waals surface area contributed by atoms with E-state index >= 15 is 0 Å². The molecule has 118 valence electrons. The molecule has 4 heterocycles. The first-order chi connectivity index (χ1) is 11.6. The van der Waals surface area contributed by atoms with Gasteiger partial charge in [-0.05, 0) is 25.1 Å². The maximum atomic E-state index is 13.7. The standard InChI is InChI=1S/C16H11FN6O/c1-7-11(5-18-15-13(7)20-16(24)21-15)23-10-3-2-8(17)4-9(10)14-12(23)6-19-22-14/h2-6H,1H3,(H,19,22)(H2,18,20,21,24). The summed E-state index contributed by atoms with van der Waals surface area (Å²) >= 11 is 0. The van der Waals surface area contributed by atoms with Crippen molar-refractivity contribution in [1.29, 1.82) is 0 Å². The first kappa shape index (κ1) is 13.1. The number of aryl methyl sites for hydroxylation is 1. The molecule has 0 radical (unpaired) electrons. The number of hydrogen-bond donors (Lipinski definition) is 3. The van der Waals surface area contributed by atoms with Gasteiger partial charge in [-0.3, -0.25) is 10.1 Å². The van der Waals surface area contributed by atoms with Crippen molar-refractivity contribution in [2.45, 2.75) is 6.92 Å². The summed E-state index contributed by atoms with van der Waals surface area (Å²) in [5.74, 6) is -0.309. The largest absolute Gasteiger partial charge is 0.325 e. The number of H-pyrrole nitrogens is 3. The van der Waals surface area contributed by atoms with E-state index in [4.69, 9.17) is 0 Å². The second-order valence-electron chi connectivity index (χ2n) is 5.70. The van der Waals surface area contributed by atoms with Crippen molar-refractivity contribution < 1.29 is 4.39 Å². The number of benzene rings is 1. The third kappa shape index (κ3) is 1.56. The zero-order valence-corrected chi connectivity index (χ0v) is 12.5. The van der Waals surface area contributed by atoms with Crippen LogP contribution >= 0.6 is 0 Å². The van der Waals surface area contributed by atoms with Crippen LogP contribution < -0.4 is 5.69 Å². The molecule has 0 saturated heterocycles. The molecule has 0 fully saturated rings. The zero-order chi connectivity index (χ0) is 16.4. The summed E-state index contributed by atoms with van der Waals surface area (Å²) in [7, 11) is 0. The Balaban J connectivity index is 1.96. The first-order valence-electron chi connectivity index (χ1n) is 7.34. The number of fused-ring (bicyclic) bond motifs is 4. The van der Waals surface area contributed by atoms with Crippen LogP contribution in [0.5, 0.6) is 0 Å². The highest BCUT2D eigenvalue weighted by Crippen LogP contribution is 2.32. The van der Waals surface area contributed by atoms with Crippen molar-refractivity contribution in [2.75, 3.05) is 0 Å². The molecule has 0 spiro atoms. The monoisotopic (exact) mass is 322 g/mol. The molecule has 0 amide bonds. The SMILES string of the molecule is Cc1c(-n2c3ccc(F)cc3c3[nH]ncc32)cnc2[nH]c(=O)[nH]c12. The van der Waals surface area contributed by atoms with Gasteiger partial charge in [0.15, 0.2) is 5.65 Å². The number of nitrogens with zero attached hydrogens (tertiary/aromatic N) is 3. The Kier molecular flexibility index (Phi) is 2.35. The molecule has 1 aromatic carbocycles. The van der Waals surface area contributed by atoms with Gasteiger partial charge in [0.1, 0.15) is 5.82 Å². The third-order valence-corrected chi connectivity index (χ3v) is 4.35. The first-order valence-corrected chi connectivity index (χ1v) is 7.34. The predicted octanol–water partition coefficient (Wildman–Crippen LogP) is 2.52. The van der Waals surface area contributed by atoms with Crippen molar-refractivity contribution in [3.63, 3.8) is 0 Å². The van der Waals surface area contributed by atoms with E-state index in [-0.39, 0.29) is 11.5 Å². The zero-order valence-electron chi connectivity index (χ0n) is 12.5. The molecule has 0 aliphatic heterocycles. The van der Waals surface area contributed by atoms with E-state index in [0.717, 1.165) is 33.2 Å². The number of aromatic nitrogens is 6. The molecule has 0 saturated carbocycles. The molecule has 5 rings (SSSR count). The summed E-state index contributed by atoms with van der Waals surface area (Å²) < 4.78 is 15.6. The van der Waals surface area contributed by atoms with Gasteiger partial charge in [-0.1, -0.05) is 0 Å². The van der Waals surface area contributed by atoms with Crippen molar-refractivity contribution in [3.05, 3.63) is 52.5 Å². The fourth-order valence-electron chi connectivity index (χ4n) is 3.26. The Morgan fingerprint density at radius 1 is 1.12 bits per heavy atom. The number of aromatic amines is 3. The average Bonchev–Trinajstić information content (AvgIpc) is 3.22. The van der Waals surface area contributed by atoms with Gasteiger partial charge < -0.3 is 9.55 Å². The molecule has 4 aromatic heterocycles. The number of halogens is 1. The Morgan fingerprint density at radius 3 is 2.88 bits per heavy atom. The van der Waals surface area contributed by atoms with E-state index in [1.807, 2.05) is 11.5 Å². The lowest BCUT2D eigenvalue weighted by molar-refractivity contribution is 0.629. The lowest BCUT2D eigenvalue weighted by Gasteiger charge is -2.10. The quantitative estimate of drug-likeness (QED) is 0.442. The van der Waals surface area contributed by atoms with Crippen LogP contribution in [0.15, 0.2) is 35.4 Å². The van der Waals surface area contributed by atoms with Gasteiger partial charge in [-0.25, -0.2) is 14.2 Å². The van der Waals surface area contributed by atoms with Crippen LogP contribution in [0.1, 0.15) is 5.56 Å². The number of rotatable bonds is 1. The van der Waals surface area contributed by atoms with Crippen molar-refractivity contribution in [3.8, 4) is 5.69 Å². The second kappa shape index (κ2) is 4.31. The predicted molar refractivity (Wildman–Crippen MR) is 87.9 cm³/mol. The smallest absolute Gasteiger partial charge is 0.304 e. The lowest BCUT2D eigenvalue weighted by Crippen LogP contribution is -2.00. The summed E-state index contributed by atoms with van der Waals surface area (Å²) in [6.45, 7) is 1.91. The van der Waals surface area contributed by atoms with Crippen LogP contribution in [0, 0.1) is 12.7 Å². The molecule has 0 unspecified atom stereocenters. The molecule has 0 aliphatic carbocycles. The molecule has 3 N–H and O–H groups in total. The Labute approximate surface area is 133 Å². The average molecular weight is 322 g/mol. The van der Waals surface area contributed by atoms with Gasteiger partial charge in [-0.2, -0.15) is 5.10 Å². The van der Waals surface area contributed by atoms with E-state index in [9.17, 15) is 9.18 Å². The molecule has 0 atom stereocenters. The molecular formula is C16H11FN6O. The van der Waals surface area contributed by atoms with Gasteiger partial charge >= 0.3 is 5.69 Å². The summed E-state index contributed by atoms with van der Waals surface area (Å²) in [5, 5.41) is 7.73. The van der Waals surface area contributed by atoms with Crippen LogP contribution in [-0.2, 0) is 0 Å². The van der Waals surface area contributed by atoms with Crippen LogP contribution in [0.3, 0.4) is 0 Å². The van der Waals surface area contributed by atoms with E-state index in [0.29, 0.717) is 11.2 Å². The summed E-state index contributed by atoms with van der Waals surface area (Å²) in [4.78, 5) is 21.3. The Morgan fingerprint density at radius 2 is 2.00 bits per heavy atom. The number of pyridine rings is 1. The Hall–Kier alpha value is -3.42. The molecular weight excluding hydrogens is 311 g/mol. The van der Waals surface area contributed by atoms with Crippen molar-refractivity contribution in [2.24, 2.45) is 0 Å². The van der Waals surface area contributed by atoms with E-state index in [2.05, 4.69) is 25.1 Å². The van der Waals surface area contributed by atoms with Crippen LogP contribution in [0.25, 0.3) is 38.8 Å². The highest BCUT2D eigenvalue weighted by Gasteiger charge is 2.17. The van der Waals surface area contributed by atoms with Crippen LogP contribution in [0.4, 0.5) is 4.39 Å². The number of imidazole rings is 1. The summed E-state index contributed by atoms with van der Waals surface area (Å²) in [6.07, 6.45) is 3.38. The van der Waals surface area contributed by atoms with Crippen LogP contribution in [-0.4, -0.2) is 29.7 Å². The van der Waals surface area contributed by atoms with Crippen LogP contribution in [0.2, 0.25) is 0 Å². The lowest BCUT2D eigenvalue weighted by atomic mass is 10.2. The maximum absolute atomic E-state index is 13.7. The minimum atomic E-state index is -0.309. The van der Waals surface area contributed by atoms with Gasteiger partial charge in [-0.15, -0.1) is 0 Å². The Bertz CT molecular complexity index is 1310. The molecule has 0 aliphatic rings. The fraction of sp³-hybridized carbons (Fsp3) is 0.0625. The highest BCUT2D eigenvalue weighted by atomic mass is 19.1.